The van der Waals surface area contributed by atoms with Gasteiger partial charge in [-0.05, 0) is 30.1 Å². The van der Waals surface area contributed by atoms with Crippen LogP contribution in [0.1, 0.15) is 77.6 Å². The molecule has 0 spiro atoms. The lowest BCUT2D eigenvalue weighted by molar-refractivity contribution is 0.558. The number of hydrogen-bond donors (Lipinski definition) is 0. The van der Waals surface area contributed by atoms with Gasteiger partial charge >= 0.3 is 0 Å². The van der Waals surface area contributed by atoms with Crippen molar-refractivity contribution in [1.82, 2.24) is 0 Å². The van der Waals surface area contributed by atoms with Crippen molar-refractivity contribution in [1.29, 1.82) is 0 Å². The fraction of sp³-hybridized carbons (Fsp3) is 0.714. The van der Waals surface area contributed by atoms with Gasteiger partial charge < -0.3 is 0 Å². The molecule has 0 saturated carbocycles. The molecule has 0 heterocycles. The maximum absolute atomic E-state index is 3.22. The highest BCUT2D eigenvalue weighted by molar-refractivity contribution is 6.83. The average molecular weight is 315 g/mol. The monoisotopic (exact) mass is 314 g/mol. The van der Waals surface area contributed by atoms with E-state index in [9.17, 15) is 0 Å². The van der Waals surface area contributed by atoms with E-state index in [0.717, 1.165) is 6.42 Å². The minimum absolute atomic E-state index is 0.979. The molecule has 122 valence electrons. The quantitative estimate of drug-likeness (QED) is 0.256. The fourth-order valence-electron chi connectivity index (χ4n) is 2.09. The van der Waals surface area contributed by atoms with Crippen molar-refractivity contribution in [3.8, 4) is 35.1 Å². The normalized spacial score (nSPS) is 9.82. The molecule has 0 unspecified atom stereocenters. The zero-order valence-corrected chi connectivity index (χ0v) is 16.3. The number of rotatable bonds is 10. The van der Waals surface area contributed by atoms with Crippen LogP contribution in [0.4, 0.5) is 0 Å². The maximum atomic E-state index is 3.22. The molecule has 22 heavy (non-hydrogen) atoms. The van der Waals surface area contributed by atoms with E-state index in [1.54, 1.807) is 0 Å². The summed E-state index contributed by atoms with van der Waals surface area (Å²) < 4.78 is 0. The van der Waals surface area contributed by atoms with Crippen LogP contribution in [-0.4, -0.2) is 8.07 Å². The van der Waals surface area contributed by atoms with Crippen LogP contribution >= 0.6 is 0 Å². The van der Waals surface area contributed by atoms with Gasteiger partial charge in [-0.15, -0.1) is 5.54 Å². The molecule has 0 aromatic heterocycles. The zero-order chi connectivity index (χ0) is 16.5. The summed E-state index contributed by atoms with van der Waals surface area (Å²) in [6.45, 7) is 8.94. The molecule has 0 aliphatic carbocycles. The van der Waals surface area contributed by atoms with E-state index in [4.69, 9.17) is 0 Å². The Bertz CT molecular complexity index is 434. The van der Waals surface area contributed by atoms with Gasteiger partial charge in [-0.25, -0.2) is 0 Å². The van der Waals surface area contributed by atoms with Gasteiger partial charge in [-0.2, -0.15) is 0 Å². The molecule has 0 saturated heterocycles. The fourth-order valence-corrected chi connectivity index (χ4v) is 2.53. The topological polar surface area (TPSA) is 0 Å². The van der Waals surface area contributed by atoms with Gasteiger partial charge in [0.15, 0.2) is 0 Å². The first kappa shape index (κ1) is 20.9. The van der Waals surface area contributed by atoms with Crippen molar-refractivity contribution in [2.24, 2.45) is 0 Å². The zero-order valence-electron chi connectivity index (χ0n) is 15.3. The lowest BCUT2D eigenvalue weighted by atomic mass is 10.1. The summed E-state index contributed by atoms with van der Waals surface area (Å²) in [5.41, 5.74) is 3.22. The van der Waals surface area contributed by atoms with Crippen LogP contribution < -0.4 is 0 Å². The van der Waals surface area contributed by atoms with Crippen molar-refractivity contribution >= 4 is 8.07 Å². The van der Waals surface area contributed by atoms with Crippen LogP contribution in [-0.2, 0) is 0 Å². The van der Waals surface area contributed by atoms with Crippen molar-refractivity contribution in [3.05, 3.63) is 0 Å². The van der Waals surface area contributed by atoms with E-state index < -0.39 is 8.07 Å². The lowest BCUT2D eigenvalue weighted by Gasteiger charge is -2.01. The van der Waals surface area contributed by atoms with Crippen LogP contribution in [0.5, 0.6) is 0 Å². The third-order valence-corrected chi connectivity index (χ3v) is 4.24. The molecule has 1 heteroatoms. The maximum Gasteiger partial charge on any atom is 0.130 e. The molecular formula is C21H34Si. The van der Waals surface area contributed by atoms with Crippen molar-refractivity contribution < 1.29 is 0 Å². The molecule has 0 radical (unpaired) electrons. The molecule has 0 atom stereocenters. The van der Waals surface area contributed by atoms with Gasteiger partial charge in [-0.1, -0.05) is 90.3 Å². The van der Waals surface area contributed by atoms with Crippen molar-refractivity contribution in [2.45, 2.75) is 97.2 Å². The van der Waals surface area contributed by atoms with Gasteiger partial charge in [0, 0.05) is 6.42 Å². The minimum Gasteiger partial charge on any atom is -0.118 e. The third-order valence-electron chi connectivity index (χ3n) is 3.37. The summed E-state index contributed by atoms with van der Waals surface area (Å²) >= 11 is 0. The molecule has 0 amide bonds. The Hall–Kier alpha value is -1.10. The largest absolute Gasteiger partial charge is 0.130 e. The summed E-state index contributed by atoms with van der Waals surface area (Å²) in [6, 6.07) is 0. The van der Waals surface area contributed by atoms with Crippen LogP contribution in [0.15, 0.2) is 0 Å². The predicted molar refractivity (Wildman–Crippen MR) is 103 cm³/mol. The van der Waals surface area contributed by atoms with Crippen LogP contribution in [0.3, 0.4) is 0 Å². The second-order valence-electron chi connectivity index (χ2n) is 6.98. The van der Waals surface area contributed by atoms with E-state index in [2.05, 4.69) is 61.7 Å². The summed E-state index contributed by atoms with van der Waals surface area (Å²) in [5.74, 6) is 14.6. The van der Waals surface area contributed by atoms with Crippen molar-refractivity contribution in [2.75, 3.05) is 0 Å². The molecule has 0 aliphatic rings. The lowest BCUT2D eigenvalue weighted by Crippen LogP contribution is -2.16. The van der Waals surface area contributed by atoms with E-state index in [0.29, 0.717) is 0 Å². The van der Waals surface area contributed by atoms with E-state index in [1.807, 2.05) is 0 Å². The summed E-state index contributed by atoms with van der Waals surface area (Å²) in [5, 5.41) is 0. The van der Waals surface area contributed by atoms with E-state index in [1.165, 1.54) is 64.2 Å². The predicted octanol–water partition coefficient (Wildman–Crippen LogP) is 6.19. The Balaban J connectivity index is 3.42. The van der Waals surface area contributed by atoms with E-state index in [-0.39, 0.29) is 0 Å². The Morgan fingerprint density at radius 2 is 1.09 bits per heavy atom. The minimum atomic E-state index is -1.28. The number of unbranched alkanes of at least 4 members (excludes halogenated alkanes) is 10. The summed E-state index contributed by atoms with van der Waals surface area (Å²) in [4.78, 5) is 0. The second-order valence-corrected chi connectivity index (χ2v) is 11.7. The molecule has 0 N–H and O–H groups in total. The highest BCUT2D eigenvalue weighted by Crippen LogP contribution is 2.10. The average Bonchev–Trinajstić information content (AvgIpc) is 2.45. The third kappa shape index (κ3) is 18.9. The molecule has 0 aromatic rings. The molecular weight excluding hydrogens is 280 g/mol. The molecule has 0 aliphatic heterocycles. The van der Waals surface area contributed by atoms with Crippen molar-refractivity contribution in [3.63, 3.8) is 0 Å². The van der Waals surface area contributed by atoms with E-state index >= 15 is 0 Å². The Morgan fingerprint density at radius 3 is 1.64 bits per heavy atom. The number of hydrogen-bond acceptors (Lipinski definition) is 0. The van der Waals surface area contributed by atoms with Gasteiger partial charge in [0.2, 0.25) is 0 Å². The van der Waals surface area contributed by atoms with Gasteiger partial charge in [-0.3, -0.25) is 0 Å². The first-order valence-electron chi connectivity index (χ1n) is 9.06. The Morgan fingerprint density at radius 1 is 0.591 bits per heavy atom. The summed E-state index contributed by atoms with van der Waals surface area (Å²) in [7, 11) is -1.28. The molecule has 0 aromatic carbocycles. The van der Waals surface area contributed by atoms with Gasteiger partial charge in [0.05, 0.1) is 0 Å². The van der Waals surface area contributed by atoms with Crippen LogP contribution in [0, 0.1) is 35.1 Å². The van der Waals surface area contributed by atoms with Crippen LogP contribution in [0.2, 0.25) is 19.6 Å². The molecule has 0 bridgehead atoms. The molecule has 0 nitrogen and oxygen atoms in total. The first-order chi connectivity index (χ1) is 10.6. The Labute approximate surface area is 140 Å². The molecule has 0 fully saturated rings. The highest BCUT2D eigenvalue weighted by Gasteiger charge is 2.06. The smallest absolute Gasteiger partial charge is 0.118 e. The summed E-state index contributed by atoms with van der Waals surface area (Å²) in [6.07, 6.45) is 14.7. The van der Waals surface area contributed by atoms with Crippen LogP contribution in [0.25, 0.3) is 0 Å². The highest BCUT2D eigenvalue weighted by atomic mass is 28.3. The van der Waals surface area contributed by atoms with Gasteiger partial charge in [0.1, 0.15) is 8.07 Å². The van der Waals surface area contributed by atoms with Gasteiger partial charge in [0.25, 0.3) is 0 Å². The Kier molecular flexibility index (Phi) is 14.1. The SMILES string of the molecule is CCCCCCCCCCCCC#CC#CC#C[Si](C)(C)C. The standard InChI is InChI=1S/C21H34Si/c1-5-6-7-8-9-10-11-12-13-14-15-16-17-18-19-20-21-22(2,3)4/h5-15H2,1-4H3. The molecule has 0 rings (SSSR count). The second kappa shape index (κ2) is 14.8. The first-order valence-corrected chi connectivity index (χ1v) is 12.6.